The number of epoxide rings is 1. The average molecular weight is 148 g/mol. The third kappa shape index (κ3) is 1.81. The van der Waals surface area contributed by atoms with Gasteiger partial charge in [0.25, 0.3) is 0 Å². The monoisotopic (exact) mass is 148 g/mol. The number of rotatable bonds is 2. The summed E-state index contributed by atoms with van der Waals surface area (Å²) in [5, 5.41) is 0. The molecule has 0 unspecified atom stereocenters. The lowest BCUT2D eigenvalue weighted by Gasteiger charge is -1.97. The molecule has 0 N–H and O–H groups in total. The van der Waals surface area contributed by atoms with Gasteiger partial charge in [-0.1, -0.05) is 29.8 Å². The lowest BCUT2D eigenvalue weighted by Crippen LogP contribution is -1.91. The van der Waals surface area contributed by atoms with Gasteiger partial charge in [-0.2, -0.15) is 0 Å². The summed E-state index contributed by atoms with van der Waals surface area (Å²) in [6, 6.07) is 8.66. The average Bonchev–Trinajstić information content (AvgIpc) is 2.78. The van der Waals surface area contributed by atoms with Crippen LogP contribution in [-0.4, -0.2) is 12.7 Å². The Bertz CT molecular complexity index is 234. The van der Waals surface area contributed by atoms with Crippen molar-refractivity contribution in [1.29, 1.82) is 0 Å². The fraction of sp³-hybridized carbons (Fsp3) is 0.400. The van der Waals surface area contributed by atoms with Crippen LogP contribution in [0.25, 0.3) is 0 Å². The van der Waals surface area contributed by atoms with Crippen molar-refractivity contribution in [3.05, 3.63) is 35.4 Å². The Morgan fingerprint density at radius 1 is 1.36 bits per heavy atom. The Kier molecular flexibility index (Phi) is 1.66. The maximum absolute atomic E-state index is 5.14. The Hall–Kier alpha value is -0.820. The van der Waals surface area contributed by atoms with Crippen molar-refractivity contribution in [2.45, 2.75) is 19.4 Å². The minimum Gasteiger partial charge on any atom is -0.373 e. The maximum Gasteiger partial charge on any atom is 0.0850 e. The molecule has 2 rings (SSSR count). The highest BCUT2D eigenvalue weighted by molar-refractivity contribution is 5.22. The van der Waals surface area contributed by atoms with E-state index in [1.54, 1.807) is 0 Å². The van der Waals surface area contributed by atoms with Crippen LogP contribution in [0.15, 0.2) is 24.3 Å². The molecule has 1 saturated heterocycles. The molecule has 0 amide bonds. The molecule has 0 aromatic heterocycles. The quantitative estimate of drug-likeness (QED) is 0.584. The van der Waals surface area contributed by atoms with Crippen LogP contribution in [0.5, 0.6) is 0 Å². The molecule has 0 radical (unpaired) electrons. The molecular formula is C10H12O. The lowest BCUT2D eigenvalue weighted by molar-refractivity contribution is 0.407. The van der Waals surface area contributed by atoms with E-state index in [0.29, 0.717) is 6.10 Å². The summed E-state index contributed by atoms with van der Waals surface area (Å²) >= 11 is 0. The van der Waals surface area contributed by atoms with E-state index in [1.807, 2.05) is 0 Å². The van der Waals surface area contributed by atoms with Crippen LogP contribution < -0.4 is 0 Å². The van der Waals surface area contributed by atoms with Crippen molar-refractivity contribution in [2.24, 2.45) is 0 Å². The van der Waals surface area contributed by atoms with Gasteiger partial charge in [-0.3, -0.25) is 0 Å². The highest BCUT2D eigenvalue weighted by Gasteiger charge is 2.22. The maximum atomic E-state index is 5.14. The molecule has 58 valence electrons. The first kappa shape index (κ1) is 6.86. The Balaban J connectivity index is 2.06. The molecule has 1 fully saturated rings. The zero-order valence-corrected chi connectivity index (χ0v) is 6.71. The summed E-state index contributed by atoms with van der Waals surface area (Å²) in [7, 11) is 0. The Labute approximate surface area is 67.0 Å². The molecule has 1 aliphatic rings. The van der Waals surface area contributed by atoms with Gasteiger partial charge in [-0.15, -0.1) is 0 Å². The van der Waals surface area contributed by atoms with Crippen molar-refractivity contribution >= 4 is 0 Å². The molecule has 1 heteroatoms. The van der Waals surface area contributed by atoms with Crippen LogP contribution in [0, 0.1) is 6.92 Å². The number of ether oxygens (including phenoxy) is 1. The zero-order chi connectivity index (χ0) is 7.68. The van der Waals surface area contributed by atoms with Crippen molar-refractivity contribution in [3.8, 4) is 0 Å². The van der Waals surface area contributed by atoms with Gasteiger partial charge in [0.15, 0.2) is 0 Å². The van der Waals surface area contributed by atoms with E-state index in [4.69, 9.17) is 4.74 Å². The van der Waals surface area contributed by atoms with Crippen molar-refractivity contribution in [3.63, 3.8) is 0 Å². The largest absolute Gasteiger partial charge is 0.373 e. The number of benzene rings is 1. The topological polar surface area (TPSA) is 12.5 Å². The van der Waals surface area contributed by atoms with Gasteiger partial charge < -0.3 is 4.74 Å². The Morgan fingerprint density at radius 3 is 2.55 bits per heavy atom. The number of hydrogen-bond acceptors (Lipinski definition) is 1. The zero-order valence-electron chi connectivity index (χ0n) is 6.71. The molecule has 0 aliphatic carbocycles. The third-order valence-electron chi connectivity index (χ3n) is 1.99. The van der Waals surface area contributed by atoms with Crippen LogP contribution in [0.3, 0.4) is 0 Å². The number of hydrogen-bond donors (Lipinski definition) is 0. The Morgan fingerprint density at radius 2 is 2.00 bits per heavy atom. The minimum atomic E-state index is 0.512. The molecule has 1 heterocycles. The molecule has 1 aromatic carbocycles. The van der Waals surface area contributed by atoms with Gasteiger partial charge in [0.1, 0.15) is 0 Å². The van der Waals surface area contributed by atoms with Gasteiger partial charge in [0.05, 0.1) is 12.7 Å². The van der Waals surface area contributed by atoms with E-state index in [1.165, 1.54) is 11.1 Å². The van der Waals surface area contributed by atoms with Crippen LogP contribution in [-0.2, 0) is 11.2 Å². The fourth-order valence-corrected chi connectivity index (χ4v) is 1.17. The van der Waals surface area contributed by atoms with Gasteiger partial charge in [0.2, 0.25) is 0 Å². The summed E-state index contributed by atoms with van der Waals surface area (Å²) in [4.78, 5) is 0. The van der Waals surface area contributed by atoms with E-state index in [0.717, 1.165) is 13.0 Å². The smallest absolute Gasteiger partial charge is 0.0850 e. The van der Waals surface area contributed by atoms with Crippen LogP contribution >= 0.6 is 0 Å². The standard InChI is InChI=1S/C10H12O/c1-8-2-4-9(5-3-8)6-10-7-11-10/h2-5,10H,6-7H2,1H3/t10-/m0/s1. The fourth-order valence-electron chi connectivity index (χ4n) is 1.17. The first-order valence-electron chi connectivity index (χ1n) is 4.02. The highest BCUT2D eigenvalue weighted by atomic mass is 16.6. The minimum absolute atomic E-state index is 0.512. The summed E-state index contributed by atoms with van der Waals surface area (Å²) in [5.74, 6) is 0. The van der Waals surface area contributed by atoms with Crippen molar-refractivity contribution in [2.75, 3.05) is 6.61 Å². The molecule has 1 atom stereocenters. The predicted octanol–water partition coefficient (Wildman–Crippen LogP) is 1.94. The molecule has 1 nitrogen and oxygen atoms in total. The van der Waals surface area contributed by atoms with Crippen molar-refractivity contribution < 1.29 is 4.74 Å². The second-order valence-electron chi connectivity index (χ2n) is 3.15. The van der Waals surface area contributed by atoms with Crippen molar-refractivity contribution in [1.82, 2.24) is 0 Å². The third-order valence-corrected chi connectivity index (χ3v) is 1.99. The van der Waals surface area contributed by atoms with E-state index >= 15 is 0 Å². The molecular weight excluding hydrogens is 136 g/mol. The van der Waals surface area contributed by atoms with E-state index < -0.39 is 0 Å². The van der Waals surface area contributed by atoms with Crippen LogP contribution in [0.1, 0.15) is 11.1 Å². The molecule has 11 heavy (non-hydrogen) atoms. The predicted molar refractivity (Wildman–Crippen MR) is 44.6 cm³/mol. The molecule has 0 spiro atoms. The van der Waals surface area contributed by atoms with Gasteiger partial charge in [0, 0.05) is 6.42 Å². The number of aryl methyl sites for hydroxylation is 1. The molecule has 0 saturated carbocycles. The normalized spacial score (nSPS) is 21.7. The van der Waals surface area contributed by atoms with Gasteiger partial charge in [-0.25, -0.2) is 0 Å². The van der Waals surface area contributed by atoms with E-state index in [2.05, 4.69) is 31.2 Å². The van der Waals surface area contributed by atoms with Crippen LogP contribution in [0.2, 0.25) is 0 Å². The second kappa shape index (κ2) is 2.67. The van der Waals surface area contributed by atoms with Crippen LogP contribution in [0.4, 0.5) is 0 Å². The second-order valence-corrected chi connectivity index (χ2v) is 3.15. The highest BCUT2D eigenvalue weighted by Crippen LogP contribution is 2.16. The van der Waals surface area contributed by atoms with Gasteiger partial charge >= 0.3 is 0 Å². The van der Waals surface area contributed by atoms with E-state index in [9.17, 15) is 0 Å². The summed E-state index contributed by atoms with van der Waals surface area (Å²) in [6.45, 7) is 3.06. The van der Waals surface area contributed by atoms with E-state index in [-0.39, 0.29) is 0 Å². The van der Waals surface area contributed by atoms with Gasteiger partial charge in [-0.05, 0) is 12.5 Å². The molecule has 0 bridgehead atoms. The summed E-state index contributed by atoms with van der Waals surface area (Å²) in [6.07, 6.45) is 1.60. The first-order chi connectivity index (χ1) is 5.34. The molecule has 1 aromatic rings. The summed E-state index contributed by atoms with van der Waals surface area (Å²) < 4.78 is 5.14. The molecule has 1 aliphatic heterocycles. The first-order valence-corrected chi connectivity index (χ1v) is 4.02. The summed E-state index contributed by atoms with van der Waals surface area (Å²) in [5.41, 5.74) is 2.71. The lowest BCUT2D eigenvalue weighted by atomic mass is 10.1. The SMILES string of the molecule is Cc1ccc(C[C@H]2CO2)cc1.